The normalized spacial score (nSPS) is 16.6. The van der Waals surface area contributed by atoms with Gasteiger partial charge in [0.2, 0.25) is 11.8 Å². The minimum absolute atomic E-state index is 0.0367. The van der Waals surface area contributed by atoms with Crippen molar-refractivity contribution in [3.8, 4) is 0 Å². The molecule has 2 aliphatic carbocycles. The Bertz CT molecular complexity index is 1070. The molecule has 0 bridgehead atoms. The molecule has 32 heavy (non-hydrogen) atoms. The number of amides is 2. The predicted octanol–water partition coefficient (Wildman–Crippen LogP) is 5.67. The highest BCUT2D eigenvalue weighted by Crippen LogP contribution is 2.35. The van der Waals surface area contributed by atoms with Gasteiger partial charge in [-0.25, -0.2) is 0 Å². The highest BCUT2D eigenvalue weighted by Gasteiger charge is 2.35. The minimum Gasteiger partial charge on any atom is -0.351 e. The number of nitrogens with zero attached hydrogens (tertiary/aromatic N) is 1. The molecule has 1 saturated carbocycles. The van der Waals surface area contributed by atoms with E-state index >= 15 is 0 Å². The van der Waals surface area contributed by atoms with E-state index < -0.39 is 6.04 Å². The number of hydrogen-bond acceptors (Lipinski definition) is 4. The van der Waals surface area contributed by atoms with Crippen LogP contribution in [-0.2, 0) is 28.9 Å². The number of anilines is 1. The van der Waals surface area contributed by atoms with Gasteiger partial charge in [0.1, 0.15) is 6.04 Å². The van der Waals surface area contributed by atoms with Crippen LogP contribution < -0.4 is 10.2 Å². The first-order chi connectivity index (χ1) is 15.7. The average molecular weight is 465 g/mol. The monoisotopic (exact) mass is 464 g/mol. The Hall–Kier alpha value is -2.44. The topological polar surface area (TPSA) is 49.4 Å². The van der Waals surface area contributed by atoms with E-state index in [2.05, 4.69) is 17.4 Å². The second-order valence-electron chi connectivity index (χ2n) is 8.73. The van der Waals surface area contributed by atoms with Crippen LogP contribution in [0.25, 0.3) is 0 Å². The van der Waals surface area contributed by atoms with E-state index in [1.807, 2.05) is 41.1 Å². The fourth-order valence-electron chi connectivity index (χ4n) is 4.96. The van der Waals surface area contributed by atoms with Crippen LogP contribution in [0.3, 0.4) is 0 Å². The molecule has 166 valence electrons. The van der Waals surface area contributed by atoms with E-state index in [4.69, 9.17) is 0 Å². The Kier molecular flexibility index (Phi) is 6.42. The van der Waals surface area contributed by atoms with Gasteiger partial charge in [-0.3, -0.25) is 14.5 Å². The lowest BCUT2D eigenvalue weighted by atomic mass is 10.1. The lowest BCUT2D eigenvalue weighted by Crippen LogP contribution is -2.46. The third-order valence-corrected chi connectivity index (χ3v) is 8.36. The van der Waals surface area contributed by atoms with E-state index in [0.29, 0.717) is 6.42 Å². The van der Waals surface area contributed by atoms with E-state index in [9.17, 15) is 9.59 Å². The minimum atomic E-state index is -0.650. The number of hydrogen-bond donors (Lipinski definition) is 1. The first-order valence-corrected chi connectivity index (χ1v) is 13.2. The number of aryl methyl sites for hydroxylation is 2. The number of rotatable bonds is 7. The van der Waals surface area contributed by atoms with Gasteiger partial charge in [0.05, 0.1) is 6.42 Å². The number of benzene rings is 1. The Morgan fingerprint density at radius 1 is 0.969 bits per heavy atom. The molecule has 3 aromatic rings. The zero-order valence-corrected chi connectivity index (χ0v) is 19.7. The molecule has 1 fully saturated rings. The van der Waals surface area contributed by atoms with Crippen molar-refractivity contribution >= 4 is 40.2 Å². The molecule has 0 saturated heterocycles. The van der Waals surface area contributed by atoms with Crippen molar-refractivity contribution in [2.45, 2.75) is 63.5 Å². The molecule has 1 N–H and O–H groups in total. The van der Waals surface area contributed by atoms with Gasteiger partial charge in [-0.05, 0) is 78.3 Å². The summed E-state index contributed by atoms with van der Waals surface area (Å²) in [5.41, 5.74) is 3.49. The van der Waals surface area contributed by atoms with E-state index in [1.165, 1.54) is 22.5 Å². The Morgan fingerprint density at radius 3 is 2.50 bits per heavy atom. The second-order valence-corrected chi connectivity index (χ2v) is 10.7. The highest BCUT2D eigenvalue weighted by molar-refractivity contribution is 7.10. The van der Waals surface area contributed by atoms with Gasteiger partial charge in [-0.2, -0.15) is 0 Å². The molecular formula is C26H28N2O2S2. The SMILES string of the molecule is O=C(NC1CCCC1)[C@@H](c1cccs1)N(C(=O)Cc1cccs1)c1ccc2c(c1)CCC2. The van der Waals surface area contributed by atoms with Crippen LogP contribution >= 0.6 is 22.7 Å². The molecule has 2 amide bonds. The van der Waals surface area contributed by atoms with Gasteiger partial charge < -0.3 is 5.32 Å². The molecule has 1 atom stereocenters. The van der Waals surface area contributed by atoms with Crippen LogP contribution in [0.5, 0.6) is 0 Å². The van der Waals surface area contributed by atoms with Crippen molar-refractivity contribution in [1.82, 2.24) is 5.32 Å². The fraction of sp³-hybridized carbons (Fsp3) is 0.385. The molecular weight excluding hydrogens is 436 g/mol. The number of carbonyl (C=O) groups excluding carboxylic acids is 2. The Labute approximate surface area is 197 Å². The average Bonchev–Trinajstić information content (AvgIpc) is 3.59. The molecule has 2 aliphatic rings. The third kappa shape index (κ3) is 4.52. The lowest BCUT2D eigenvalue weighted by molar-refractivity contribution is -0.126. The zero-order valence-electron chi connectivity index (χ0n) is 18.1. The summed E-state index contributed by atoms with van der Waals surface area (Å²) in [6, 6.07) is 13.8. The van der Waals surface area contributed by atoms with Crippen molar-refractivity contribution in [3.63, 3.8) is 0 Å². The molecule has 0 aliphatic heterocycles. The maximum atomic E-state index is 13.7. The lowest BCUT2D eigenvalue weighted by Gasteiger charge is -2.32. The number of fused-ring (bicyclic) bond motifs is 1. The van der Waals surface area contributed by atoms with Crippen LogP contribution in [0.15, 0.2) is 53.2 Å². The summed E-state index contributed by atoms with van der Waals surface area (Å²) in [6.45, 7) is 0. The van der Waals surface area contributed by atoms with E-state index in [-0.39, 0.29) is 17.9 Å². The molecule has 0 unspecified atom stereocenters. The van der Waals surface area contributed by atoms with Crippen LogP contribution in [-0.4, -0.2) is 17.9 Å². The zero-order chi connectivity index (χ0) is 21.9. The first kappa shape index (κ1) is 21.4. The van der Waals surface area contributed by atoms with Crippen LogP contribution in [0.1, 0.15) is 59.0 Å². The molecule has 4 nitrogen and oxygen atoms in total. The molecule has 6 heteroatoms. The quantitative estimate of drug-likeness (QED) is 0.489. The highest BCUT2D eigenvalue weighted by atomic mass is 32.1. The first-order valence-electron chi connectivity index (χ1n) is 11.5. The summed E-state index contributed by atoms with van der Waals surface area (Å²) in [6.07, 6.45) is 7.92. The van der Waals surface area contributed by atoms with Gasteiger partial charge in [-0.15, -0.1) is 22.7 Å². The maximum Gasteiger partial charge on any atom is 0.248 e. The van der Waals surface area contributed by atoms with E-state index in [0.717, 1.165) is 60.4 Å². The smallest absolute Gasteiger partial charge is 0.248 e. The standard InChI is InChI=1S/C26H28N2O2S2/c29-24(17-22-10-4-14-31-22)28(21-13-12-18-6-3-7-19(18)16-21)25(23-11-5-15-32-23)26(30)27-20-8-1-2-9-20/h4-5,10-16,20,25H,1-3,6-9,17H2,(H,27,30)/t25-/m1/s1. The van der Waals surface area contributed by atoms with Crippen LogP contribution in [0.4, 0.5) is 5.69 Å². The summed E-state index contributed by atoms with van der Waals surface area (Å²) >= 11 is 3.12. The van der Waals surface area contributed by atoms with Gasteiger partial charge in [0.15, 0.2) is 0 Å². The van der Waals surface area contributed by atoms with Crippen molar-refractivity contribution in [2.24, 2.45) is 0 Å². The van der Waals surface area contributed by atoms with E-state index in [1.54, 1.807) is 16.2 Å². The third-order valence-electron chi connectivity index (χ3n) is 6.56. The summed E-state index contributed by atoms with van der Waals surface area (Å²) in [5, 5.41) is 7.23. The number of nitrogens with one attached hydrogen (secondary N) is 1. The number of carbonyl (C=O) groups is 2. The van der Waals surface area contributed by atoms with Crippen LogP contribution in [0.2, 0.25) is 0 Å². The van der Waals surface area contributed by atoms with Crippen molar-refractivity contribution in [2.75, 3.05) is 4.90 Å². The summed E-state index contributed by atoms with van der Waals surface area (Å²) < 4.78 is 0. The van der Waals surface area contributed by atoms with Gasteiger partial charge >= 0.3 is 0 Å². The summed E-state index contributed by atoms with van der Waals surface area (Å²) in [7, 11) is 0. The molecule has 0 spiro atoms. The summed E-state index contributed by atoms with van der Waals surface area (Å²) in [5.74, 6) is -0.107. The predicted molar refractivity (Wildman–Crippen MR) is 131 cm³/mol. The van der Waals surface area contributed by atoms with Gasteiger partial charge in [-0.1, -0.05) is 31.0 Å². The van der Waals surface area contributed by atoms with Crippen LogP contribution in [0, 0.1) is 0 Å². The Balaban J connectivity index is 1.53. The van der Waals surface area contributed by atoms with Crippen molar-refractivity contribution in [1.29, 1.82) is 0 Å². The number of thiophene rings is 2. The van der Waals surface area contributed by atoms with Gasteiger partial charge in [0, 0.05) is 21.5 Å². The largest absolute Gasteiger partial charge is 0.351 e. The molecule has 2 heterocycles. The van der Waals surface area contributed by atoms with Crippen molar-refractivity contribution in [3.05, 3.63) is 74.1 Å². The molecule has 1 aromatic carbocycles. The Morgan fingerprint density at radius 2 is 1.75 bits per heavy atom. The molecule has 5 rings (SSSR count). The maximum absolute atomic E-state index is 13.7. The summed E-state index contributed by atoms with van der Waals surface area (Å²) in [4.78, 5) is 31.1. The fourth-order valence-corrected chi connectivity index (χ4v) is 6.47. The van der Waals surface area contributed by atoms with Gasteiger partial charge in [0.25, 0.3) is 0 Å². The molecule has 0 radical (unpaired) electrons. The second kappa shape index (κ2) is 9.59. The van der Waals surface area contributed by atoms with Crippen molar-refractivity contribution < 1.29 is 9.59 Å². The molecule has 2 aromatic heterocycles.